The largest absolute Gasteiger partial charge is 0.480 e. The summed E-state index contributed by atoms with van der Waals surface area (Å²) < 4.78 is 21.6. The van der Waals surface area contributed by atoms with Gasteiger partial charge in [-0.2, -0.15) is 0 Å². The molecule has 1 atom stereocenters. The minimum Gasteiger partial charge on any atom is -0.480 e. The van der Waals surface area contributed by atoms with Gasteiger partial charge in [-0.3, -0.25) is 19.2 Å². The molecule has 0 aromatic carbocycles. The van der Waals surface area contributed by atoms with E-state index in [-0.39, 0.29) is 62.3 Å². The summed E-state index contributed by atoms with van der Waals surface area (Å²) in [5, 5.41) is 12.1. The van der Waals surface area contributed by atoms with Gasteiger partial charge >= 0.3 is 5.97 Å². The standard InChI is InChI=1S/C41H75NO10/c1-5-6-7-8-9-10-11-12-13-14-15-16-17-18-19-24-39(46)42-37(40(47)48)26-25-35(43)22-20-27-49-29-31-51-33-36(44)23-21-28-50-30-32-52-34-38(45)41(2,3)4/h37H,5-34H2,1-4H3,(H,42,46)(H,47,48)/t37-/m0/s1. The molecule has 0 aromatic rings. The highest BCUT2D eigenvalue weighted by molar-refractivity contribution is 5.85. The monoisotopic (exact) mass is 742 g/mol. The van der Waals surface area contributed by atoms with E-state index < -0.39 is 17.4 Å². The Hall–Kier alpha value is -2.21. The van der Waals surface area contributed by atoms with Crippen LogP contribution in [-0.4, -0.2) is 93.2 Å². The van der Waals surface area contributed by atoms with Gasteiger partial charge < -0.3 is 29.4 Å². The molecule has 2 N–H and O–H groups in total. The molecule has 52 heavy (non-hydrogen) atoms. The van der Waals surface area contributed by atoms with Crippen molar-refractivity contribution in [3.05, 3.63) is 0 Å². The van der Waals surface area contributed by atoms with Gasteiger partial charge in [-0.1, -0.05) is 118 Å². The lowest BCUT2D eigenvalue weighted by atomic mass is 9.91. The van der Waals surface area contributed by atoms with Crippen LogP contribution in [0.3, 0.4) is 0 Å². The van der Waals surface area contributed by atoms with Crippen molar-refractivity contribution in [2.75, 3.05) is 52.9 Å². The highest BCUT2D eigenvalue weighted by Gasteiger charge is 2.21. The molecule has 0 radical (unpaired) electrons. The smallest absolute Gasteiger partial charge is 0.326 e. The zero-order chi connectivity index (χ0) is 38.7. The number of carbonyl (C=O) groups is 5. The number of carbonyl (C=O) groups excluding carboxylic acids is 4. The molecule has 0 aliphatic rings. The number of ether oxygens (including phenoxy) is 4. The molecule has 0 saturated carbocycles. The number of hydrogen-bond acceptors (Lipinski definition) is 9. The van der Waals surface area contributed by atoms with E-state index in [4.69, 9.17) is 18.9 Å². The third kappa shape index (κ3) is 33.6. The van der Waals surface area contributed by atoms with Gasteiger partial charge in [0.25, 0.3) is 0 Å². The molecule has 0 rings (SSSR count). The summed E-state index contributed by atoms with van der Waals surface area (Å²) in [6, 6.07) is -1.06. The predicted octanol–water partition coefficient (Wildman–Crippen LogP) is 7.98. The number of Topliss-reactive ketones (excluding diaryl/α,β-unsaturated/α-hetero) is 3. The van der Waals surface area contributed by atoms with Crippen molar-refractivity contribution in [2.24, 2.45) is 5.41 Å². The Morgan fingerprint density at radius 2 is 0.962 bits per heavy atom. The first-order valence-corrected chi connectivity index (χ1v) is 20.4. The maximum atomic E-state index is 12.3. The first kappa shape index (κ1) is 49.8. The van der Waals surface area contributed by atoms with E-state index in [1.807, 2.05) is 20.8 Å². The molecule has 0 aliphatic carbocycles. The molecule has 11 heteroatoms. The van der Waals surface area contributed by atoms with E-state index in [1.54, 1.807) is 0 Å². The molecule has 0 saturated heterocycles. The number of amides is 1. The topological polar surface area (TPSA) is 155 Å². The Morgan fingerprint density at radius 1 is 0.519 bits per heavy atom. The fourth-order valence-electron chi connectivity index (χ4n) is 5.43. The number of carboxylic acids is 1. The number of aliphatic carboxylic acids is 1. The molecule has 0 bridgehead atoms. The highest BCUT2D eigenvalue weighted by Crippen LogP contribution is 2.15. The minimum atomic E-state index is -1.12. The molecule has 304 valence electrons. The SMILES string of the molecule is CCCCCCCCCCCCCCCCCC(=O)N[C@@H](CCC(=O)CCCOCCOCC(=O)CCCOCCOCC(=O)C(C)(C)C)C(=O)O. The van der Waals surface area contributed by atoms with Gasteiger partial charge in [0, 0.05) is 44.3 Å². The summed E-state index contributed by atoms with van der Waals surface area (Å²) in [7, 11) is 0. The average Bonchev–Trinajstić information content (AvgIpc) is 3.09. The van der Waals surface area contributed by atoms with Gasteiger partial charge in [0.05, 0.1) is 26.4 Å². The Labute approximate surface area is 315 Å². The van der Waals surface area contributed by atoms with Gasteiger partial charge in [0.1, 0.15) is 25.0 Å². The Balaban J connectivity index is 3.68. The van der Waals surface area contributed by atoms with Crippen LogP contribution >= 0.6 is 0 Å². The van der Waals surface area contributed by atoms with Crippen LogP contribution < -0.4 is 5.32 Å². The van der Waals surface area contributed by atoms with E-state index in [2.05, 4.69) is 12.2 Å². The number of unbranched alkanes of at least 4 members (excludes halogenated alkanes) is 14. The van der Waals surface area contributed by atoms with Crippen LogP contribution in [0.25, 0.3) is 0 Å². The quantitative estimate of drug-likeness (QED) is 0.0593. The van der Waals surface area contributed by atoms with E-state index in [0.717, 1.165) is 19.3 Å². The summed E-state index contributed by atoms with van der Waals surface area (Å²) in [5.74, 6) is -1.45. The first-order valence-electron chi connectivity index (χ1n) is 20.4. The second-order valence-electron chi connectivity index (χ2n) is 15.0. The van der Waals surface area contributed by atoms with Crippen LogP contribution in [0, 0.1) is 5.41 Å². The van der Waals surface area contributed by atoms with Crippen LogP contribution in [0.2, 0.25) is 0 Å². The van der Waals surface area contributed by atoms with Crippen molar-refractivity contribution >= 4 is 29.2 Å². The third-order valence-electron chi connectivity index (χ3n) is 8.92. The third-order valence-corrected chi connectivity index (χ3v) is 8.92. The van der Waals surface area contributed by atoms with Crippen LogP contribution in [-0.2, 0) is 42.9 Å². The molecule has 0 unspecified atom stereocenters. The van der Waals surface area contributed by atoms with Crippen LogP contribution in [0.5, 0.6) is 0 Å². The van der Waals surface area contributed by atoms with E-state index in [9.17, 15) is 29.1 Å². The molecule has 11 nitrogen and oxygen atoms in total. The van der Waals surface area contributed by atoms with Gasteiger partial charge in [-0.05, 0) is 25.7 Å². The van der Waals surface area contributed by atoms with Gasteiger partial charge in [-0.25, -0.2) is 4.79 Å². The maximum Gasteiger partial charge on any atom is 0.326 e. The lowest BCUT2D eigenvalue weighted by molar-refractivity contribution is -0.142. The second-order valence-corrected chi connectivity index (χ2v) is 15.0. The van der Waals surface area contributed by atoms with Crippen molar-refractivity contribution in [3.8, 4) is 0 Å². The van der Waals surface area contributed by atoms with E-state index in [0.29, 0.717) is 58.7 Å². The summed E-state index contributed by atoms with van der Waals surface area (Å²) >= 11 is 0. The predicted molar refractivity (Wildman–Crippen MR) is 205 cm³/mol. The van der Waals surface area contributed by atoms with Gasteiger partial charge in [0.15, 0.2) is 11.6 Å². The fourth-order valence-corrected chi connectivity index (χ4v) is 5.43. The molecule has 1 amide bonds. The van der Waals surface area contributed by atoms with Crippen LogP contribution in [0.4, 0.5) is 0 Å². The normalized spacial score (nSPS) is 12.2. The number of nitrogens with one attached hydrogen (secondary N) is 1. The van der Waals surface area contributed by atoms with Crippen molar-refractivity contribution in [3.63, 3.8) is 0 Å². The first-order chi connectivity index (χ1) is 25.0. The summed E-state index contributed by atoms with van der Waals surface area (Å²) in [5.41, 5.74) is -0.417. The Morgan fingerprint density at radius 3 is 1.44 bits per heavy atom. The van der Waals surface area contributed by atoms with Crippen molar-refractivity contribution < 1.29 is 48.0 Å². The molecule has 0 fully saturated rings. The Bertz CT molecular complexity index is 933. The number of carboxylic acid groups (broad SMARTS) is 1. The molecule has 0 spiro atoms. The summed E-state index contributed by atoms with van der Waals surface area (Å²) in [4.78, 5) is 59.9. The second kappa shape index (κ2) is 34.6. The highest BCUT2D eigenvalue weighted by atomic mass is 16.5. The van der Waals surface area contributed by atoms with Crippen LogP contribution in [0.1, 0.15) is 169 Å². The van der Waals surface area contributed by atoms with Gasteiger partial charge in [0.2, 0.25) is 5.91 Å². The van der Waals surface area contributed by atoms with Gasteiger partial charge in [-0.15, -0.1) is 0 Å². The maximum absolute atomic E-state index is 12.3. The molecule has 0 aliphatic heterocycles. The summed E-state index contributed by atoms with van der Waals surface area (Å²) in [6.07, 6.45) is 20.8. The number of ketones is 3. The van der Waals surface area contributed by atoms with Crippen molar-refractivity contribution in [1.82, 2.24) is 5.32 Å². The number of rotatable bonds is 39. The van der Waals surface area contributed by atoms with Crippen molar-refractivity contribution in [2.45, 2.75) is 175 Å². The van der Waals surface area contributed by atoms with Crippen molar-refractivity contribution in [1.29, 1.82) is 0 Å². The fraction of sp³-hybridized carbons (Fsp3) is 0.878. The minimum absolute atomic E-state index is 0.000625. The number of hydrogen-bond donors (Lipinski definition) is 2. The lowest BCUT2D eigenvalue weighted by Crippen LogP contribution is -2.41. The molecular formula is C41H75NO10. The lowest BCUT2D eigenvalue weighted by Gasteiger charge is -2.16. The van der Waals surface area contributed by atoms with Crippen LogP contribution in [0.15, 0.2) is 0 Å². The molecule has 0 aromatic heterocycles. The van der Waals surface area contributed by atoms with E-state index >= 15 is 0 Å². The zero-order valence-electron chi connectivity index (χ0n) is 33.4. The molecule has 0 heterocycles. The summed E-state index contributed by atoms with van der Waals surface area (Å²) in [6.45, 7) is 9.92. The molecular weight excluding hydrogens is 666 g/mol. The Kier molecular flexibility index (Phi) is 33.1. The van der Waals surface area contributed by atoms with E-state index in [1.165, 1.54) is 77.0 Å². The average molecular weight is 742 g/mol. The zero-order valence-corrected chi connectivity index (χ0v) is 33.4.